The quantitative estimate of drug-likeness (QED) is 0.921. The highest BCUT2D eigenvalue weighted by Crippen LogP contribution is 2.36. The largest absolute Gasteiger partial charge is 0.477 e. The molecule has 0 bridgehead atoms. The number of fused-ring (bicyclic) bond motifs is 3. The number of rotatable bonds is 2. The van der Waals surface area contributed by atoms with E-state index in [0.29, 0.717) is 5.92 Å². The number of pyridine rings is 1. The highest BCUT2D eigenvalue weighted by atomic mass is 16.4. The monoisotopic (exact) mass is 283 g/mol. The molecule has 1 unspecified atom stereocenters. The number of aromatic nitrogens is 1. The number of hydrogen-bond donors (Lipinski definition) is 1. The SMILES string of the molecule is CC(C)C1Cc2ccccc2-c2cc(=O)c(C(=O)O)cn21. The zero-order valence-electron chi connectivity index (χ0n) is 12.0. The van der Waals surface area contributed by atoms with Crippen LogP contribution >= 0.6 is 0 Å². The summed E-state index contributed by atoms with van der Waals surface area (Å²) < 4.78 is 1.96. The van der Waals surface area contributed by atoms with Gasteiger partial charge < -0.3 is 9.67 Å². The van der Waals surface area contributed by atoms with Crippen molar-refractivity contribution in [3.8, 4) is 11.3 Å². The lowest BCUT2D eigenvalue weighted by molar-refractivity contribution is 0.0694. The lowest BCUT2D eigenvalue weighted by Gasteiger charge is -2.33. The smallest absolute Gasteiger partial charge is 0.341 e. The van der Waals surface area contributed by atoms with Crippen LogP contribution in [0.3, 0.4) is 0 Å². The first kappa shape index (κ1) is 13.6. The minimum atomic E-state index is -1.17. The number of carboxylic acid groups (broad SMARTS) is 1. The van der Waals surface area contributed by atoms with E-state index < -0.39 is 11.4 Å². The van der Waals surface area contributed by atoms with Crippen LogP contribution in [0.25, 0.3) is 11.3 Å². The summed E-state index contributed by atoms with van der Waals surface area (Å²) in [6.07, 6.45) is 2.35. The molecule has 1 aliphatic heterocycles. The Bertz CT molecular complexity index is 774. The van der Waals surface area contributed by atoms with E-state index in [1.807, 2.05) is 22.8 Å². The molecule has 0 fully saturated rings. The van der Waals surface area contributed by atoms with E-state index in [0.717, 1.165) is 17.7 Å². The van der Waals surface area contributed by atoms with Crippen molar-refractivity contribution < 1.29 is 9.90 Å². The maximum absolute atomic E-state index is 12.0. The predicted octanol–water partition coefficient (Wildman–Crippen LogP) is 2.97. The molecule has 1 atom stereocenters. The molecule has 21 heavy (non-hydrogen) atoms. The van der Waals surface area contributed by atoms with Gasteiger partial charge >= 0.3 is 5.97 Å². The molecule has 4 heteroatoms. The van der Waals surface area contributed by atoms with Crippen molar-refractivity contribution in [3.63, 3.8) is 0 Å². The van der Waals surface area contributed by atoms with Crippen molar-refractivity contribution in [2.24, 2.45) is 5.92 Å². The zero-order valence-corrected chi connectivity index (χ0v) is 12.0. The molecule has 0 radical (unpaired) electrons. The molecular weight excluding hydrogens is 266 g/mol. The Labute approximate surface area is 122 Å². The second-order valence-corrected chi connectivity index (χ2v) is 5.82. The summed E-state index contributed by atoms with van der Waals surface area (Å²) in [6.45, 7) is 4.22. The summed E-state index contributed by atoms with van der Waals surface area (Å²) in [7, 11) is 0. The summed E-state index contributed by atoms with van der Waals surface area (Å²) in [5.74, 6) is -0.821. The van der Waals surface area contributed by atoms with Crippen LogP contribution in [0.15, 0.2) is 41.3 Å². The maximum atomic E-state index is 12.0. The normalized spacial score (nSPS) is 16.4. The molecule has 1 aromatic carbocycles. The minimum absolute atomic E-state index is 0.161. The molecule has 4 nitrogen and oxygen atoms in total. The minimum Gasteiger partial charge on any atom is -0.477 e. The number of benzene rings is 1. The molecular formula is C17H17NO3. The number of nitrogens with zero attached hydrogens (tertiary/aromatic N) is 1. The fraction of sp³-hybridized carbons (Fsp3) is 0.294. The lowest BCUT2D eigenvalue weighted by atomic mass is 9.87. The molecule has 0 spiro atoms. The van der Waals surface area contributed by atoms with Crippen LogP contribution in [0.2, 0.25) is 0 Å². The van der Waals surface area contributed by atoms with Crippen molar-refractivity contribution in [1.29, 1.82) is 0 Å². The Kier molecular flexibility index (Phi) is 3.16. The fourth-order valence-corrected chi connectivity index (χ4v) is 3.03. The van der Waals surface area contributed by atoms with E-state index in [2.05, 4.69) is 19.9 Å². The van der Waals surface area contributed by atoms with Gasteiger partial charge in [-0.15, -0.1) is 0 Å². The third kappa shape index (κ3) is 2.17. The van der Waals surface area contributed by atoms with Gasteiger partial charge in [-0.2, -0.15) is 0 Å². The van der Waals surface area contributed by atoms with Gasteiger partial charge in [-0.25, -0.2) is 4.79 Å². The zero-order chi connectivity index (χ0) is 15.1. The van der Waals surface area contributed by atoms with Crippen LogP contribution in [0.1, 0.15) is 35.8 Å². The van der Waals surface area contributed by atoms with Gasteiger partial charge in [0.1, 0.15) is 5.56 Å². The van der Waals surface area contributed by atoms with Gasteiger partial charge in [0.2, 0.25) is 0 Å². The Morgan fingerprint density at radius 1 is 1.33 bits per heavy atom. The van der Waals surface area contributed by atoms with Gasteiger partial charge in [-0.1, -0.05) is 38.1 Å². The van der Waals surface area contributed by atoms with E-state index in [1.165, 1.54) is 17.8 Å². The van der Waals surface area contributed by atoms with E-state index in [-0.39, 0.29) is 11.6 Å². The van der Waals surface area contributed by atoms with Crippen LogP contribution < -0.4 is 5.43 Å². The molecule has 0 aliphatic carbocycles. The van der Waals surface area contributed by atoms with Gasteiger partial charge in [0.05, 0.1) is 5.69 Å². The predicted molar refractivity (Wildman–Crippen MR) is 80.7 cm³/mol. The van der Waals surface area contributed by atoms with Crippen LogP contribution in [0.4, 0.5) is 0 Å². The summed E-state index contributed by atoms with van der Waals surface area (Å²) in [5.41, 5.74) is 2.43. The van der Waals surface area contributed by atoms with Gasteiger partial charge in [0.15, 0.2) is 5.43 Å². The van der Waals surface area contributed by atoms with Crippen LogP contribution in [0.5, 0.6) is 0 Å². The van der Waals surface area contributed by atoms with Gasteiger partial charge in [0.25, 0.3) is 0 Å². The average molecular weight is 283 g/mol. The Balaban J connectivity index is 2.31. The number of hydrogen-bond acceptors (Lipinski definition) is 2. The van der Waals surface area contributed by atoms with E-state index in [9.17, 15) is 14.7 Å². The van der Waals surface area contributed by atoms with Crippen molar-refractivity contribution in [3.05, 3.63) is 57.9 Å². The first-order valence-corrected chi connectivity index (χ1v) is 7.07. The molecule has 1 aromatic heterocycles. The molecule has 0 saturated heterocycles. The molecule has 2 aromatic rings. The van der Waals surface area contributed by atoms with Crippen molar-refractivity contribution >= 4 is 5.97 Å². The standard InChI is InChI=1S/C17H17NO3/c1-10(2)14-7-11-5-3-4-6-12(11)15-8-16(19)13(17(20)21)9-18(14)15/h3-6,8-10,14H,7H2,1-2H3,(H,20,21). The molecule has 1 N–H and O–H groups in total. The van der Waals surface area contributed by atoms with Gasteiger partial charge in [-0.05, 0) is 17.9 Å². The average Bonchev–Trinajstić information content (AvgIpc) is 2.45. The molecule has 1 aliphatic rings. The first-order chi connectivity index (χ1) is 9.99. The third-order valence-electron chi connectivity index (χ3n) is 4.16. The van der Waals surface area contributed by atoms with Crippen molar-refractivity contribution in [2.75, 3.05) is 0 Å². The van der Waals surface area contributed by atoms with Crippen molar-refractivity contribution in [1.82, 2.24) is 4.57 Å². The van der Waals surface area contributed by atoms with Crippen LogP contribution in [-0.4, -0.2) is 15.6 Å². The molecule has 0 amide bonds. The number of aromatic carboxylic acids is 1. The number of carboxylic acids is 1. The van der Waals surface area contributed by atoms with Crippen LogP contribution in [-0.2, 0) is 6.42 Å². The molecule has 2 heterocycles. The van der Waals surface area contributed by atoms with Gasteiger partial charge in [-0.3, -0.25) is 4.79 Å². The third-order valence-corrected chi connectivity index (χ3v) is 4.16. The molecule has 108 valence electrons. The van der Waals surface area contributed by atoms with Crippen LogP contribution in [0, 0.1) is 5.92 Å². The first-order valence-electron chi connectivity index (χ1n) is 7.07. The Morgan fingerprint density at radius 3 is 2.71 bits per heavy atom. The summed E-state index contributed by atoms with van der Waals surface area (Å²) in [6, 6.07) is 9.61. The molecule has 0 saturated carbocycles. The van der Waals surface area contributed by atoms with E-state index >= 15 is 0 Å². The van der Waals surface area contributed by atoms with E-state index in [4.69, 9.17) is 0 Å². The lowest BCUT2D eigenvalue weighted by Crippen LogP contribution is -2.28. The highest BCUT2D eigenvalue weighted by molar-refractivity contribution is 5.87. The number of carbonyl (C=O) groups is 1. The Hall–Kier alpha value is -2.36. The topological polar surface area (TPSA) is 59.3 Å². The summed E-state index contributed by atoms with van der Waals surface area (Å²) in [5, 5.41) is 9.17. The van der Waals surface area contributed by atoms with E-state index in [1.54, 1.807) is 0 Å². The van der Waals surface area contributed by atoms with Crippen molar-refractivity contribution in [2.45, 2.75) is 26.3 Å². The second kappa shape index (κ2) is 4.88. The fourth-order valence-electron chi connectivity index (χ4n) is 3.03. The second-order valence-electron chi connectivity index (χ2n) is 5.82. The Morgan fingerprint density at radius 2 is 2.05 bits per heavy atom. The summed E-state index contributed by atoms with van der Waals surface area (Å²) in [4.78, 5) is 23.2. The van der Waals surface area contributed by atoms with Gasteiger partial charge in [0, 0.05) is 23.9 Å². The summed E-state index contributed by atoms with van der Waals surface area (Å²) >= 11 is 0. The molecule has 3 rings (SSSR count). The maximum Gasteiger partial charge on any atom is 0.341 e. The highest BCUT2D eigenvalue weighted by Gasteiger charge is 2.27.